The number of halogens is 1. The van der Waals surface area contributed by atoms with E-state index in [9.17, 15) is 14.3 Å². The molecule has 142 valence electrons. The molecule has 3 rings (SSSR count). The standard InChI is InChI=1S/C18H20FN5O3/c1-9(11-4-6-12(19)7-5-11)20-18(26)22-14-8-13-15(16(21-14)10(2)25)17(27-3)24-23-13/h4-10,25H,1-3H3,(H,23,24)(H2,20,21,22,26)/t9-,10+/m1/s1. The van der Waals surface area contributed by atoms with E-state index in [4.69, 9.17) is 4.74 Å². The summed E-state index contributed by atoms with van der Waals surface area (Å²) >= 11 is 0. The summed E-state index contributed by atoms with van der Waals surface area (Å²) in [4.78, 5) is 16.6. The Morgan fingerprint density at radius 1 is 1.30 bits per heavy atom. The SMILES string of the molecule is COc1n[nH]c2cc(NC(=O)N[C@H](C)c3ccc(F)cc3)nc([C@H](C)O)c12. The van der Waals surface area contributed by atoms with Crippen LogP contribution in [0.25, 0.3) is 10.9 Å². The lowest BCUT2D eigenvalue weighted by Crippen LogP contribution is -2.31. The number of H-pyrrole nitrogens is 1. The summed E-state index contributed by atoms with van der Waals surface area (Å²) < 4.78 is 18.2. The highest BCUT2D eigenvalue weighted by molar-refractivity contribution is 5.93. The molecule has 2 amide bonds. The van der Waals surface area contributed by atoms with E-state index in [1.54, 1.807) is 32.0 Å². The number of anilines is 1. The van der Waals surface area contributed by atoms with Gasteiger partial charge in [0.05, 0.1) is 35.9 Å². The van der Waals surface area contributed by atoms with Gasteiger partial charge in [-0.25, -0.2) is 14.2 Å². The number of aromatic nitrogens is 3. The van der Waals surface area contributed by atoms with Gasteiger partial charge in [-0.05, 0) is 31.5 Å². The fourth-order valence-electron chi connectivity index (χ4n) is 2.74. The van der Waals surface area contributed by atoms with Crippen LogP contribution in [0.15, 0.2) is 30.3 Å². The fourth-order valence-corrected chi connectivity index (χ4v) is 2.74. The first-order valence-corrected chi connectivity index (χ1v) is 8.33. The van der Waals surface area contributed by atoms with E-state index in [1.807, 2.05) is 0 Å². The number of nitrogens with one attached hydrogen (secondary N) is 3. The number of benzene rings is 1. The zero-order valence-electron chi connectivity index (χ0n) is 15.1. The lowest BCUT2D eigenvalue weighted by molar-refractivity contribution is 0.196. The molecular formula is C18H20FN5O3. The summed E-state index contributed by atoms with van der Waals surface area (Å²) in [6.07, 6.45) is -0.887. The number of ether oxygens (including phenoxy) is 1. The number of pyridine rings is 1. The monoisotopic (exact) mass is 373 g/mol. The Morgan fingerprint density at radius 2 is 2.00 bits per heavy atom. The number of hydrogen-bond donors (Lipinski definition) is 4. The Labute approximate surface area is 154 Å². The number of fused-ring (bicyclic) bond motifs is 1. The summed E-state index contributed by atoms with van der Waals surface area (Å²) in [7, 11) is 1.47. The van der Waals surface area contributed by atoms with Crippen molar-refractivity contribution in [3.05, 3.63) is 47.4 Å². The number of amides is 2. The lowest BCUT2D eigenvalue weighted by atomic mass is 10.1. The van der Waals surface area contributed by atoms with Crippen LogP contribution in [0.3, 0.4) is 0 Å². The summed E-state index contributed by atoms with van der Waals surface area (Å²) in [5.74, 6) is 0.219. The van der Waals surface area contributed by atoms with Crippen molar-refractivity contribution < 1.29 is 19.0 Å². The van der Waals surface area contributed by atoms with Gasteiger partial charge in [-0.15, -0.1) is 5.10 Å². The second-order valence-electron chi connectivity index (χ2n) is 6.10. The van der Waals surface area contributed by atoms with E-state index in [-0.39, 0.29) is 17.7 Å². The molecule has 0 aliphatic rings. The van der Waals surface area contributed by atoms with Gasteiger partial charge in [0.1, 0.15) is 11.6 Å². The minimum absolute atomic E-state index is 0.244. The summed E-state index contributed by atoms with van der Waals surface area (Å²) in [6, 6.07) is 6.65. The second-order valence-corrected chi connectivity index (χ2v) is 6.10. The highest BCUT2D eigenvalue weighted by Crippen LogP contribution is 2.30. The third kappa shape index (κ3) is 3.98. The molecule has 2 atom stereocenters. The molecule has 4 N–H and O–H groups in total. The average Bonchev–Trinajstić information content (AvgIpc) is 3.04. The molecule has 0 bridgehead atoms. The second kappa shape index (κ2) is 7.58. The van der Waals surface area contributed by atoms with Crippen LogP contribution >= 0.6 is 0 Å². The third-order valence-corrected chi connectivity index (χ3v) is 4.09. The molecule has 0 fully saturated rings. The minimum atomic E-state index is -0.887. The molecule has 0 saturated carbocycles. The number of carbonyl (C=O) groups is 1. The van der Waals surface area contributed by atoms with Crippen molar-refractivity contribution in [2.24, 2.45) is 0 Å². The predicted molar refractivity (Wildman–Crippen MR) is 98.0 cm³/mol. The Hall–Kier alpha value is -3.20. The molecule has 0 unspecified atom stereocenters. The molecule has 8 nitrogen and oxygen atoms in total. The van der Waals surface area contributed by atoms with Crippen LogP contribution < -0.4 is 15.4 Å². The van der Waals surface area contributed by atoms with Gasteiger partial charge in [-0.2, -0.15) is 0 Å². The number of hydrogen-bond acceptors (Lipinski definition) is 5. The molecule has 0 aliphatic carbocycles. The molecule has 3 aromatic rings. The molecule has 0 spiro atoms. The van der Waals surface area contributed by atoms with E-state index >= 15 is 0 Å². The molecule has 2 aromatic heterocycles. The first-order chi connectivity index (χ1) is 12.9. The maximum Gasteiger partial charge on any atom is 0.320 e. The number of aliphatic hydroxyl groups is 1. The number of nitrogens with zero attached hydrogens (tertiary/aromatic N) is 2. The van der Waals surface area contributed by atoms with Crippen LogP contribution in [0.1, 0.15) is 37.3 Å². The number of methoxy groups -OCH3 is 1. The molecule has 9 heteroatoms. The summed E-state index contributed by atoms with van der Waals surface area (Å²) in [5, 5.41) is 22.8. The highest BCUT2D eigenvalue weighted by Gasteiger charge is 2.19. The van der Waals surface area contributed by atoms with Gasteiger partial charge in [0.2, 0.25) is 5.88 Å². The average molecular weight is 373 g/mol. The smallest absolute Gasteiger partial charge is 0.320 e. The van der Waals surface area contributed by atoms with Crippen molar-refractivity contribution in [2.45, 2.75) is 26.0 Å². The van der Waals surface area contributed by atoms with Crippen molar-refractivity contribution >= 4 is 22.8 Å². The van der Waals surface area contributed by atoms with E-state index in [0.717, 1.165) is 5.56 Å². The quantitative estimate of drug-likeness (QED) is 0.549. The Kier molecular flexibility index (Phi) is 5.22. The lowest BCUT2D eigenvalue weighted by Gasteiger charge is -2.15. The normalized spacial score (nSPS) is 13.2. The van der Waals surface area contributed by atoms with Crippen molar-refractivity contribution in [1.82, 2.24) is 20.5 Å². The number of carbonyl (C=O) groups excluding carboxylic acids is 1. The van der Waals surface area contributed by atoms with Crippen LogP contribution in [0.2, 0.25) is 0 Å². The predicted octanol–water partition coefficient (Wildman–Crippen LogP) is 3.04. The topological polar surface area (TPSA) is 112 Å². The van der Waals surface area contributed by atoms with Crippen LogP contribution in [0.4, 0.5) is 15.0 Å². The Morgan fingerprint density at radius 3 is 2.63 bits per heavy atom. The van der Waals surface area contributed by atoms with Gasteiger partial charge in [-0.1, -0.05) is 12.1 Å². The van der Waals surface area contributed by atoms with Gasteiger partial charge in [0, 0.05) is 6.07 Å². The van der Waals surface area contributed by atoms with E-state index in [2.05, 4.69) is 25.8 Å². The van der Waals surface area contributed by atoms with Crippen molar-refractivity contribution in [2.75, 3.05) is 12.4 Å². The van der Waals surface area contributed by atoms with Crippen LogP contribution in [-0.2, 0) is 0 Å². The molecule has 0 saturated heterocycles. The van der Waals surface area contributed by atoms with E-state index < -0.39 is 12.1 Å². The van der Waals surface area contributed by atoms with Gasteiger partial charge in [0.15, 0.2) is 0 Å². The maximum atomic E-state index is 13.0. The molecule has 0 aliphatic heterocycles. The molecule has 0 radical (unpaired) electrons. The van der Waals surface area contributed by atoms with Crippen LogP contribution in [-0.4, -0.2) is 33.4 Å². The van der Waals surface area contributed by atoms with Gasteiger partial charge in [0.25, 0.3) is 0 Å². The summed E-state index contributed by atoms with van der Waals surface area (Å²) in [5.41, 5.74) is 1.66. The Bertz CT molecular complexity index is 956. The van der Waals surface area contributed by atoms with Gasteiger partial charge >= 0.3 is 6.03 Å². The fraction of sp³-hybridized carbons (Fsp3) is 0.278. The number of aliphatic hydroxyl groups excluding tert-OH is 1. The summed E-state index contributed by atoms with van der Waals surface area (Å²) in [6.45, 7) is 3.35. The molecule has 1 aromatic carbocycles. The first kappa shape index (κ1) is 18.6. The van der Waals surface area contributed by atoms with Crippen molar-refractivity contribution in [3.8, 4) is 5.88 Å². The zero-order valence-corrected chi connectivity index (χ0v) is 15.1. The Balaban J connectivity index is 1.79. The van der Waals surface area contributed by atoms with E-state index in [1.165, 1.54) is 19.2 Å². The third-order valence-electron chi connectivity index (χ3n) is 4.09. The van der Waals surface area contributed by atoms with Crippen molar-refractivity contribution in [1.29, 1.82) is 0 Å². The maximum absolute atomic E-state index is 13.0. The zero-order chi connectivity index (χ0) is 19.6. The van der Waals surface area contributed by atoms with Crippen LogP contribution in [0.5, 0.6) is 5.88 Å². The minimum Gasteiger partial charge on any atom is -0.479 e. The van der Waals surface area contributed by atoms with Crippen molar-refractivity contribution in [3.63, 3.8) is 0 Å². The first-order valence-electron chi connectivity index (χ1n) is 8.33. The van der Waals surface area contributed by atoms with E-state index in [0.29, 0.717) is 22.5 Å². The molecular weight excluding hydrogens is 353 g/mol. The highest BCUT2D eigenvalue weighted by atomic mass is 19.1. The molecule has 27 heavy (non-hydrogen) atoms. The van der Waals surface area contributed by atoms with Gasteiger partial charge < -0.3 is 15.2 Å². The van der Waals surface area contributed by atoms with Crippen LogP contribution in [0, 0.1) is 5.82 Å². The number of aromatic amines is 1. The van der Waals surface area contributed by atoms with Gasteiger partial charge in [-0.3, -0.25) is 10.4 Å². The number of rotatable bonds is 5. The largest absolute Gasteiger partial charge is 0.479 e. The molecule has 2 heterocycles. The number of urea groups is 1.